The number of anilines is 1. The summed E-state index contributed by atoms with van der Waals surface area (Å²) in [6.07, 6.45) is 8.64. The van der Waals surface area contributed by atoms with Crippen LogP contribution in [-0.2, 0) is 23.2 Å². The molecular formula is C31H30FN3O3. The first-order valence-corrected chi connectivity index (χ1v) is 12.8. The molecule has 0 spiro atoms. The standard InChI is InChI=1S/C31H30FN3O3/c1-34-29-14-13-23(17-26(29)19-33-34)24-11-12-25(28(32)18-24)20-35(31(38)22-7-3-2-4-8-22)27-9-5-6-21(16-27)10-15-30(36)37/h5-6,9-19,22H,2-4,7-8,20H2,1H3,(H,36,37)/b15-10+/i20D. The Morgan fingerprint density at radius 1 is 1.11 bits per heavy atom. The fourth-order valence-electron chi connectivity index (χ4n) is 5.05. The summed E-state index contributed by atoms with van der Waals surface area (Å²) in [4.78, 5) is 26.1. The van der Waals surface area contributed by atoms with Crippen LogP contribution in [0.1, 0.15) is 44.6 Å². The fraction of sp³-hybridized carbons (Fsp3) is 0.258. The Kier molecular flexibility index (Phi) is 6.98. The first-order chi connectivity index (χ1) is 18.8. The second kappa shape index (κ2) is 11.0. The second-order valence-electron chi connectivity index (χ2n) is 9.72. The largest absolute Gasteiger partial charge is 0.478 e. The van der Waals surface area contributed by atoms with E-state index in [1.54, 1.807) is 47.3 Å². The van der Waals surface area contributed by atoms with Crippen molar-refractivity contribution in [1.82, 2.24) is 9.78 Å². The van der Waals surface area contributed by atoms with E-state index in [-0.39, 0.29) is 17.4 Å². The molecule has 1 N–H and O–H groups in total. The Morgan fingerprint density at radius 2 is 1.87 bits per heavy atom. The third-order valence-electron chi connectivity index (χ3n) is 7.11. The van der Waals surface area contributed by atoms with Gasteiger partial charge in [0, 0.05) is 35.7 Å². The number of carbonyl (C=O) groups is 2. The molecule has 4 aromatic rings. The average molecular weight is 513 g/mol. The number of benzene rings is 3. The summed E-state index contributed by atoms with van der Waals surface area (Å²) >= 11 is 0. The smallest absolute Gasteiger partial charge is 0.328 e. The molecule has 1 aliphatic rings. The number of carboxylic acid groups (broad SMARTS) is 1. The Hall–Kier alpha value is -4.26. The number of hydrogen-bond donors (Lipinski definition) is 1. The number of rotatable bonds is 7. The quantitative estimate of drug-likeness (QED) is 0.284. The fourth-order valence-corrected chi connectivity index (χ4v) is 5.05. The summed E-state index contributed by atoms with van der Waals surface area (Å²) in [7, 11) is 1.86. The zero-order chi connectivity index (χ0) is 27.5. The van der Waals surface area contributed by atoms with Crippen LogP contribution in [0, 0.1) is 11.7 Å². The van der Waals surface area contributed by atoms with Crippen LogP contribution >= 0.6 is 0 Å². The van der Waals surface area contributed by atoms with E-state index in [1.807, 2.05) is 25.2 Å². The molecule has 1 aliphatic carbocycles. The maximum Gasteiger partial charge on any atom is 0.328 e. The molecule has 7 heteroatoms. The van der Waals surface area contributed by atoms with E-state index in [0.29, 0.717) is 16.8 Å². The van der Waals surface area contributed by atoms with Gasteiger partial charge in [-0.3, -0.25) is 9.48 Å². The van der Waals surface area contributed by atoms with Gasteiger partial charge in [0.15, 0.2) is 0 Å². The van der Waals surface area contributed by atoms with Crippen LogP contribution in [-0.4, -0.2) is 26.8 Å². The van der Waals surface area contributed by atoms with Crippen molar-refractivity contribution in [2.75, 3.05) is 4.90 Å². The number of aryl methyl sites for hydroxylation is 1. The summed E-state index contributed by atoms with van der Waals surface area (Å²) in [6.45, 7) is -1.31. The Labute approximate surface area is 222 Å². The summed E-state index contributed by atoms with van der Waals surface area (Å²) in [6, 6.07) is 17.3. The molecule has 0 aliphatic heterocycles. The number of carboxylic acids is 1. The van der Waals surface area contributed by atoms with Crippen molar-refractivity contribution in [2.45, 2.75) is 38.6 Å². The normalized spacial score (nSPS) is 15.5. The molecule has 1 amide bonds. The van der Waals surface area contributed by atoms with Gasteiger partial charge in [-0.15, -0.1) is 0 Å². The molecule has 6 nitrogen and oxygen atoms in total. The number of aromatic nitrogens is 2. The van der Waals surface area contributed by atoms with Crippen molar-refractivity contribution in [2.24, 2.45) is 13.0 Å². The molecule has 38 heavy (non-hydrogen) atoms. The number of fused-ring (bicyclic) bond motifs is 1. The molecule has 1 atom stereocenters. The SMILES string of the molecule is [2H]C(c1ccc(-c2ccc3c(cnn3C)c2)cc1F)N(C(=O)C1CCCCC1)c1cccc(/C=C/C(=O)O)c1. The van der Waals surface area contributed by atoms with Gasteiger partial charge < -0.3 is 10.0 Å². The van der Waals surface area contributed by atoms with Crippen molar-refractivity contribution in [3.8, 4) is 11.1 Å². The average Bonchev–Trinajstić information content (AvgIpc) is 3.32. The molecule has 1 heterocycles. The van der Waals surface area contributed by atoms with Crippen molar-refractivity contribution in [3.63, 3.8) is 0 Å². The van der Waals surface area contributed by atoms with E-state index in [0.717, 1.165) is 54.6 Å². The minimum Gasteiger partial charge on any atom is -0.478 e. The van der Waals surface area contributed by atoms with Crippen LogP contribution in [0.4, 0.5) is 10.1 Å². The van der Waals surface area contributed by atoms with Gasteiger partial charge in [-0.05, 0) is 65.9 Å². The van der Waals surface area contributed by atoms with Crippen molar-refractivity contribution >= 4 is 34.5 Å². The van der Waals surface area contributed by atoms with E-state index in [1.165, 1.54) is 17.0 Å². The lowest BCUT2D eigenvalue weighted by Crippen LogP contribution is -2.37. The predicted molar refractivity (Wildman–Crippen MR) is 147 cm³/mol. The van der Waals surface area contributed by atoms with Gasteiger partial charge in [0.25, 0.3) is 0 Å². The summed E-state index contributed by atoms with van der Waals surface area (Å²) < 4.78 is 26.5. The molecular weight excluding hydrogens is 481 g/mol. The lowest BCUT2D eigenvalue weighted by Gasteiger charge is -2.30. The van der Waals surface area contributed by atoms with Crippen LogP contribution in [0.5, 0.6) is 0 Å². The Bertz CT molecular complexity index is 1560. The van der Waals surface area contributed by atoms with Crippen molar-refractivity contribution in [3.05, 3.63) is 89.9 Å². The van der Waals surface area contributed by atoms with E-state index in [2.05, 4.69) is 5.10 Å². The number of halogens is 1. The molecule has 1 unspecified atom stereocenters. The molecule has 1 saturated carbocycles. The summed E-state index contributed by atoms with van der Waals surface area (Å²) in [5.41, 5.74) is 3.57. The minimum absolute atomic E-state index is 0.0943. The van der Waals surface area contributed by atoms with Crippen LogP contribution in [0.15, 0.2) is 72.9 Å². The molecule has 0 radical (unpaired) electrons. The van der Waals surface area contributed by atoms with Gasteiger partial charge in [-0.25, -0.2) is 9.18 Å². The highest BCUT2D eigenvalue weighted by atomic mass is 19.1. The lowest BCUT2D eigenvalue weighted by molar-refractivity contribution is -0.131. The van der Waals surface area contributed by atoms with Crippen molar-refractivity contribution < 1.29 is 20.5 Å². The molecule has 0 bridgehead atoms. The maximum atomic E-state index is 15.6. The molecule has 1 aromatic heterocycles. The first kappa shape index (κ1) is 24.1. The van der Waals surface area contributed by atoms with Crippen molar-refractivity contribution in [1.29, 1.82) is 0 Å². The zero-order valence-electron chi connectivity index (χ0n) is 22.2. The molecule has 0 saturated heterocycles. The highest BCUT2D eigenvalue weighted by Crippen LogP contribution is 2.31. The van der Waals surface area contributed by atoms with Crippen LogP contribution in [0.2, 0.25) is 0 Å². The van der Waals surface area contributed by atoms with Gasteiger partial charge in [0.1, 0.15) is 5.82 Å². The topological polar surface area (TPSA) is 75.4 Å². The third kappa shape index (κ3) is 5.52. The molecule has 194 valence electrons. The number of carbonyl (C=O) groups excluding carboxylic acids is 1. The van der Waals surface area contributed by atoms with Crippen LogP contribution < -0.4 is 4.90 Å². The molecule has 3 aromatic carbocycles. The highest BCUT2D eigenvalue weighted by Gasteiger charge is 2.28. The first-order valence-electron chi connectivity index (χ1n) is 13.4. The van der Waals surface area contributed by atoms with Gasteiger partial charge >= 0.3 is 5.97 Å². The Morgan fingerprint density at radius 3 is 2.63 bits per heavy atom. The number of amides is 1. The lowest BCUT2D eigenvalue weighted by atomic mass is 9.88. The zero-order valence-corrected chi connectivity index (χ0v) is 21.2. The van der Waals surface area contributed by atoms with Gasteiger partial charge in [-0.1, -0.05) is 49.6 Å². The van der Waals surface area contributed by atoms with Crippen LogP contribution in [0.3, 0.4) is 0 Å². The highest BCUT2D eigenvalue weighted by molar-refractivity contribution is 5.95. The van der Waals surface area contributed by atoms with E-state index in [9.17, 15) is 9.59 Å². The Balaban J connectivity index is 1.50. The van der Waals surface area contributed by atoms with Crippen LogP contribution in [0.25, 0.3) is 28.1 Å². The minimum atomic E-state index is -1.31. The van der Waals surface area contributed by atoms with E-state index in [4.69, 9.17) is 6.48 Å². The number of hydrogen-bond acceptors (Lipinski definition) is 3. The van der Waals surface area contributed by atoms with Gasteiger partial charge in [0.05, 0.1) is 19.6 Å². The summed E-state index contributed by atoms with van der Waals surface area (Å²) in [5, 5.41) is 14.2. The van der Waals surface area contributed by atoms with E-state index >= 15 is 4.39 Å². The molecule has 5 rings (SSSR count). The number of nitrogens with zero attached hydrogens (tertiary/aromatic N) is 3. The second-order valence-corrected chi connectivity index (χ2v) is 9.72. The maximum absolute atomic E-state index is 15.6. The monoisotopic (exact) mass is 512 g/mol. The predicted octanol–water partition coefficient (Wildman–Crippen LogP) is 6.59. The molecule has 1 fully saturated rings. The van der Waals surface area contributed by atoms with Gasteiger partial charge in [0.2, 0.25) is 5.91 Å². The van der Waals surface area contributed by atoms with Gasteiger partial charge in [-0.2, -0.15) is 5.10 Å². The third-order valence-corrected chi connectivity index (χ3v) is 7.11. The summed E-state index contributed by atoms with van der Waals surface area (Å²) in [5.74, 6) is -2.10. The number of aliphatic carboxylic acids is 1. The van der Waals surface area contributed by atoms with E-state index < -0.39 is 18.3 Å².